The fourth-order valence-corrected chi connectivity index (χ4v) is 2.24. The molecule has 2 heterocycles. The Kier molecular flexibility index (Phi) is 3.61. The van der Waals surface area contributed by atoms with Gasteiger partial charge in [-0.05, 0) is 32.9 Å². The normalized spacial score (nSPS) is 27.9. The summed E-state index contributed by atoms with van der Waals surface area (Å²) >= 11 is 0. The van der Waals surface area contributed by atoms with E-state index in [9.17, 15) is 0 Å². The molecule has 4 heteroatoms. The van der Waals surface area contributed by atoms with Gasteiger partial charge in [0, 0.05) is 24.7 Å². The van der Waals surface area contributed by atoms with Crippen molar-refractivity contribution < 1.29 is 4.52 Å². The van der Waals surface area contributed by atoms with Crippen LogP contribution in [0.25, 0.3) is 0 Å². The van der Waals surface area contributed by atoms with Crippen LogP contribution < -0.4 is 5.32 Å². The van der Waals surface area contributed by atoms with Crippen molar-refractivity contribution in [2.45, 2.75) is 38.8 Å². The van der Waals surface area contributed by atoms with E-state index >= 15 is 0 Å². The number of nitrogens with zero attached hydrogens (tertiary/aromatic N) is 2. The van der Waals surface area contributed by atoms with Crippen molar-refractivity contribution in [2.75, 3.05) is 19.6 Å². The molecule has 0 saturated carbocycles. The first-order valence-electron chi connectivity index (χ1n) is 6.08. The Morgan fingerprint density at radius 1 is 1.62 bits per heavy atom. The molecule has 4 nitrogen and oxygen atoms in total. The fraction of sp³-hybridized carbons (Fsp3) is 0.750. The van der Waals surface area contributed by atoms with E-state index in [1.165, 1.54) is 6.42 Å². The summed E-state index contributed by atoms with van der Waals surface area (Å²) in [6, 6.07) is 1.95. The quantitative estimate of drug-likeness (QED) is 0.845. The first-order chi connectivity index (χ1) is 7.72. The van der Waals surface area contributed by atoms with E-state index in [1.54, 1.807) is 6.26 Å². The Labute approximate surface area is 97.0 Å². The van der Waals surface area contributed by atoms with E-state index < -0.39 is 0 Å². The molecule has 1 saturated heterocycles. The van der Waals surface area contributed by atoms with Gasteiger partial charge in [-0.3, -0.25) is 4.90 Å². The molecule has 1 aromatic heterocycles. The largest absolute Gasteiger partial charge is 0.364 e. The van der Waals surface area contributed by atoms with Gasteiger partial charge in [0.05, 0.1) is 5.69 Å². The van der Waals surface area contributed by atoms with E-state index in [0.717, 1.165) is 38.3 Å². The zero-order valence-corrected chi connectivity index (χ0v) is 10.2. The lowest BCUT2D eigenvalue weighted by Gasteiger charge is -2.32. The maximum atomic E-state index is 4.87. The van der Waals surface area contributed by atoms with Gasteiger partial charge in [0.2, 0.25) is 0 Å². The second-order valence-corrected chi connectivity index (χ2v) is 4.90. The van der Waals surface area contributed by atoms with Crippen molar-refractivity contribution in [1.29, 1.82) is 0 Å². The van der Waals surface area contributed by atoms with E-state index in [2.05, 4.69) is 29.2 Å². The number of rotatable bonds is 3. The van der Waals surface area contributed by atoms with Crippen molar-refractivity contribution >= 4 is 0 Å². The average Bonchev–Trinajstić information content (AvgIpc) is 2.69. The van der Waals surface area contributed by atoms with Crippen molar-refractivity contribution in [1.82, 2.24) is 15.4 Å². The average molecular weight is 223 g/mol. The van der Waals surface area contributed by atoms with E-state index in [0.29, 0.717) is 0 Å². The standard InChI is InChI=1S/C12H21N3O/c1-3-12(2)10-15(7-4-6-13-12)9-11-5-8-16-14-11/h5,8,13H,3-4,6-7,9-10H2,1-2H3. The third-order valence-electron chi connectivity index (χ3n) is 3.43. The van der Waals surface area contributed by atoms with Crippen LogP contribution in [0.5, 0.6) is 0 Å². The van der Waals surface area contributed by atoms with Gasteiger partial charge in [-0.2, -0.15) is 0 Å². The maximum absolute atomic E-state index is 4.87. The second-order valence-electron chi connectivity index (χ2n) is 4.90. The minimum atomic E-state index is 0.236. The Balaban J connectivity index is 1.98. The molecule has 90 valence electrons. The van der Waals surface area contributed by atoms with Gasteiger partial charge >= 0.3 is 0 Å². The highest BCUT2D eigenvalue weighted by atomic mass is 16.5. The first kappa shape index (κ1) is 11.6. The molecule has 0 radical (unpaired) electrons. The lowest BCUT2D eigenvalue weighted by Crippen LogP contribution is -2.48. The summed E-state index contributed by atoms with van der Waals surface area (Å²) < 4.78 is 4.87. The van der Waals surface area contributed by atoms with Crippen LogP contribution in [0.1, 0.15) is 32.4 Å². The van der Waals surface area contributed by atoms with Crippen molar-refractivity contribution in [3.8, 4) is 0 Å². The first-order valence-corrected chi connectivity index (χ1v) is 6.08. The van der Waals surface area contributed by atoms with Crippen LogP contribution in [0.4, 0.5) is 0 Å². The Morgan fingerprint density at radius 3 is 3.19 bits per heavy atom. The topological polar surface area (TPSA) is 41.3 Å². The molecule has 1 aliphatic heterocycles. The Hall–Kier alpha value is -0.870. The van der Waals surface area contributed by atoms with Gasteiger partial charge in [-0.1, -0.05) is 12.1 Å². The van der Waals surface area contributed by atoms with Gasteiger partial charge in [-0.25, -0.2) is 0 Å². The van der Waals surface area contributed by atoms with Crippen LogP contribution in [0.3, 0.4) is 0 Å². The maximum Gasteiger partial charge on any atom is 0.124 e. The lowest BCUT2D eigenvalue weighted by atomic mass is 9.98. The summed E-state index contributed by atoms with van der Waals surface area (Å²) in [7, 11) is 0. The van der Waals surface area contributed by atoms with Gasteiger partial charge in [0.1, 0.15) is 6.26 Å². The zero-order chi connectivity index (χ0) is 11.4. The fourth-order valence-electron chi connectivity index (χ4n) is 2.24. The SMILES string of the molecule is CCC1(C)CN(Cc2ccon2)CCCN1. The van der Waals surface area contributed by atoms with Crippen molar-refractivity contribution in [3.63, 3.8) is 0 Å². The molecule has 1 atom stereocenters. The summed E-state index contributed by atoms with van der Waals surface area (Å²) in [5, 5.41) is 7.61. The molecule has 1 aromatic rings. The molecule has 1 fully saturated rings. The molecule has 0 spiro atoms. The monoisotopic (exact) mass is 223 g/mol. The van der Waals surface area contributed by atoms with Gasteiger partial charge in [-0.15, -0.1) is 0 Å². The summed E-state index contributed by atoms with van der Waals surface area (Å²) in [4.78, 5) is 2.46. The number of hydrogen-bond acceptors (Lipinski definition) is 4. The second kappa shape index (κ2) is 4.97. The van der Waals surface area contributed by atoms with E-state index in [1.807, 2.05) is 6.07 Å². The summed E-state index contributed by atoms with van der Waals surface area (Å²) in [6.45, 7) is 8.76. The molecule has 0 aromatic carbocycles. The predicted molar refractivity (Wildman–Crippen MR) is 63.1 cm³/mol. The molecule has 1 aliphatic rings. The summed E-state index contributed by atoms with van der Waals surface area (Å²) in [6.07, 6.45) is 4.00. The van der Waals surface area contributed by atoms with Gasteiger partial charge < -0.3 is 9.84 Å². The Morgan fingerprint density at radius 2 is 2.50 bits per heavy atom. The van der Waals surface area contributed by atoms with E-state index in [-0.39, 0.29) is 5.54 Å². The Bertz CT molecular complexity index is 312. The van der Waals surface area contributed by atoms with Crippen LogP contribution in [0, 0.1) is 0 Å². The molecule has 0 aliphatic carbocycles. The third-order valence-corrected chi connectivity index (χ3v) is 3.43. The molecule has 1 unspecified atom stereocenters. The smallest absolute Gasteiger partial charge is 0.124 e. The zero-order valence-electron chi connectivity index (χ0n) is 10.2. The number of hydrogen-bond donors (Lipinski definition) is 1. The molecule has 0 bridgehead atoms. The predicted octanol–water partition coefficient (Wildman–Crippen LogP) is 1.64. The van der Waals surface area contributed by atoms with Crippen LogP contribution in [-0.2, 0) is 6.54 Å². The molecule has 16 heavy (non-hydrogen) atoms. The number of aromatic nitrogens is 1. The molecule has 2 rings (SSSR count). The third kappa shape index (κ3) is 2.83. The highest BCUT2D eigenvalue weighted by Gasteiger charge is 2.27. The summed E-state index contributed by atoms with van der Waals surface area (Å²) in [5.74, 6) is 0. The molecular weight excluding hydrogens is 202 g/mol. The minimum Gasteiger partial charge on any atom is -0.364 e. The van der Waals surface area contributed by atoms with Crippen molar-refractivity contribution in [3.05, 3.63) is 18.0 Å². The van der Waals surface area contributed by atoms with Crippen LogP contribution in [0.15, 0.2) is 16.9 Å². The number of nitrogens with one attached hydrogen (secondary N) is 1. The lowest BCUT2D eigenvalue weighted by molar-refractivity contribution is 0.204. The van der Waals surface area contributed by atoms with Crippen LogP contribution in [-0.4, -0.2) is 35.2 Å². The van der Waals surface area contributed by atoms with E-state index in [4.69, 9.17) is 4.52 Å². The van der Waals surface area contributed by atoms with Crippen LogP contribution >= 0.6 is 0 Å². The van der Waals surface area contributed by atoms with Crippen LogP contribution in [0.2, 0.25) is 0 Å². The van der Waals surface area contributed by atoms with Gasteiger partial charge in [0.25, 0.3) is 0 Å². The molecule has 1 N–H and O–H groups in total. The summed E-state index contributed by atoms with van der Waals surface area (Å²) in [5.41, 5.74) is 1.26. The minimum absolute atomic E-state index is 0.236. The molecular formula is C12H21N3O. The highest BCUT2D eigenvalue weighted by Crippen LogP contribution is 2.16. The van der Waals surface area contributed by atoms with Gasteiger partial charge in [0.15, 0.2) is 0 Å². The molecule has 0 amide bonds. The van der Waals surface area contributed by atoms with Crippen molar-refractivity contribution in [2.24, 2.45) is 0 Å². The highest BCUT2D eigenvalue weighted by molar-refractivity contribution is 4.97.